The third kappa shape index (κ3) is 6.61. The molecule has 20 heavy (non-hydrogen) atoms. The Labute approximate surface area is 124 Å². The minimum atomic E-state index is -0.586. The average Bonchev–Trinajstić information content (AvgIpc) is 2.45. The fourth-order valence-electron chi connectivity index (χ4n) is 1.61. The summed E-state index contributed by atoms with van der Waals surface area (Å²) in [5.74, 6) is 0.709. The van der Waals surface area contributed by atoms with Crippen molar-refractivity contribution in [3.05, 3.63) is 35.9 Å². The lowest BCUT2D eigenvalue weighted by molar-refractivity contribution is -0.146. The van der Waals surface area contributed by atoms with Gasteiger partial charge < -0.3 is 10.1 Å². The first-order valence-corrected chi connectivity index (χ1v) is 7.86. The van der Waals surface area contributed by atoms with Crippen molar-refractivity contribution < 1.29 is 14.3 Å². The van der Waals surface area contributed by atoms with Crippen LogP contribution in [0.25, 0.3) is 0 Å². The summed E-state index contributed by atoms with van der Waals surface area (Å²) in [5.41, 5.74) is 1.26. The van der Waals surface area contributed by atoms with Crippen LogP contribution >= 0.6 is 11.8 Å². The molecule has 0 heterocycles. The Morgan fingerprint density at radius 1 is 1.30 bits per heavy atom. The fourth-order valence-corrected chi connectivity index (χ4v) is 2.40. The first-order valence-electron chi connectivity index (χ1n) is 6.71. The van der Waals surface area contributed by atoms with Crippen LogP contribution in [0.2, 0.25) is 0 Å². The van der Waals surface area contributed by atoms with E-state index in [0.29, 0.717) is 12.4 Å². The zero-order valence-corrected chi connectivity index (χ0v) is 12.7. The van der Waals surface area contributed by atoms with E-state index in [1.54, 1.807) is 25.6 Å². The SMILES string of the molecule is CCOC(=O)C(C)NC(=O)CSCCc1ccccc1. The van der Waals surface area contributed by atoms with Crippen molar-refractivity contribution in [2.75, 3.05) is 18.1 Å². The van der Waals surface area contributed by atoms with Gasteiger partial charge in [0.05, 0.1) is 12.4 Å². The third-order valence-electron chi connectivity index (χ3n) is 2.63. The highest BCUT2D eigenvalue weighted by Crippen LogP contribution is 2.06. The van der Waals surface area contributed by atoms with Gasteiger partial charge in [0.1, 0.15) is 6.04 Å². The standard InChI is InChI=1S/C15H21NO3S/c1-3-19-15(18)12(2)16-14(17)11-20-10-9-13-7-5-4-6-8-13/h4-8,12H,3,9-11H2,1-2H3,(H,16,17). The largest absolute Gasteiger partial charge is 0.464 e. The number of aryl methyl sites for hydroxylation is 1. The molecule has 1 atom stereocenters. The molecule has 1 N–H and O–H groups in total. The molecule has 1 amide bonds. The highest BCUT2D eigenvalue weighted by Gasteiger charge is 2.15. The molecule has 0 aliphatic rings. The van der Waals surface area contributed by atoms with Crippen molar-refractivity contribution in [2.45, 2.75) is 26.3 Å². The van der Waals surface area contributed by atoms with E-state index in [2.05, 4.69) is 17.4 Å². The maximum atomic E-state index is 11.6. The number of carbonyl (C=O) groups is 2. The van der Waals surface area contributed by atoms with E-state index in [9.17, 15) is 9.59 Å². The molecule has 1 unspecified atom stereocenters. The van der Waals surface area contributed by atoms with Gasteiger partial charge in [-0.15, -0.1) is 0 Å². The van der Waals surface area contributed by atoms with Crippen LogP contribution in [-0.4, -0.2) is 36.0 Å². The van der Waals surface area contributed by atoms with Gasteiger partial charge in [-0.05, 0) is 31.6 Å². The van der Waals surface area contributed by atoms with Crippen LogP contribution in [0.3, 0.4) is 0 Å². The van der Waals surface area contributed by atoms with Crippen LogP contribution in [0.15, 0.2) is 30.3 Å². The van der Waals surface area contributed by atoms with Crippen molar-refractivity contribution in [1.82, 2.24) is 5.32 Å². The molecule has 0 spiro atoms. The molecular formula is C15H21NO3S. The molecule has 110 valence electrons. The Hall–Kier alpha value is -1.49. The van der Waals surface area contributed by atoms with Crippen LogP contribution in [0.4, 0.5) is 0 Å². The van der Waals surface area contributed by atoms with Crippen LogP contribution in [0.5, 0.6) is 0 Å². The van der Waals surface area contributed by atoms with Gasteiger partial charge in [-0.25, -0.2) is 4.79 Å². The number of ether oxygens (including phenoxy) is 1. The monoisotopic (exact) mass is 295 g/mol. The van der Waals surface area contributed by atoms with Gasteiger partial charge in [-0.1, -0.05) is 30.3 Å². The van der Waals surface area contributed by atoms with E-state index >= 15 is 0 Å². The first-order chi connectivity index (χ1) is 9.63. The lowest BCUT2D eigenvalue weighted by Gasteiger charge is -2.12. The second kappa shape index (κ2) is 9.42. The van der Waals surface area contributed by atoms with Gasteiger partial charge in [0.2, 0.25) is 5.91 Å². The minimum Gasteiger partial charge on any atom is -0.464 e. The van der Waals surface area contributed by atoms with Crippen molar-refractivity contribution >= 4 is 23.6 Å². The smallest absolute Gasteiger partial charge is 0.328 e. The maximum Gasteiger partial charge on any atom is 0.328 e. The number of nitrogens with one attached hydrogen (secondary N) is 1. The summed E-state index contributed by atoms with van der Waals surface area (Å²) in [6, 6.07) is 9.56. The Kier molecular flexibility index (Phi) is 7.80. The lowest BCUT2D eigenvalue weighted by atomic mass is 10.2. The summed E-state index contributed by atoms with van der Waals surface area (Å²) >= 11 is 1.56. The van der Waals surface area contributed by atoms with Gasteiger partial charge in [-0.2, -0.15) is 11.8 Å². The average molecular weight is 295 g/mol. The zero-order valence-electron chi connectivity index (χ0n) is 11.9. The Morgan fingerprint density at radius 2 is 2.00 bits per heavy atom. The molecule has 4 nitrogen and oxygen atoms in total. The second-order valence-electron chi connectivity index (χ2n) is 4.33. The van der Waals surface area contributed by atoms with Gasteiger partial charge in [0, 0.05) is 0 Å². The Morgan fingerprint density at radius 3 is 2.65 bits per heavy atom. The quantitative estimate of drug-likeness (QED) is 0.589. The summed E-state index contributed by atoms with van der Waals surface area (Å²) in [4.78, 5) is 23.0. The number of rotatable bonds is 8. The first kappa shape index (κ1) is 16.6. The van der Waals surface area contributed by atoms with Crippen molar-refractivity contribution in [1.29, 1.82) is 0 Å². The van der Waals surface area contributed by atoms with Gasteiger partial charge >= 0.3 is 5.97 Å². The summed E-state index contributed by atoms with van der Waals surface area (Å²) in [5, 5.41) is 2.63. The molecule has 1 rings (SSSR count). The van der Waals surface area contributed by atoms with E-state index in [0.717, 1.165) is 12.2 Å². The topological polar surface area (TPSA) is 55.4 Å². The number of amides is 1. The molecule has 0 aromatic heterocycles. The highest BCUT2D eigenvalue weighted by atomic mass is 32.2. The molecule has 0 radical (unpaired) electrons. The zero-order chi connectivity index (χ0) is 14.8. The summed E-state index contributed by atoms with van der Waals surface area (Å²) in [6.07, 6.45) is 0.937. The van der Waals surface area contributed by atoms with Crippen LogP contribution in [0.1, 0.15) is 19.4 Å². The Bertz CT molecular complexity index is 422. The molecule has 0 fully saturated rings. The normalized spacial score (nSPS) is 11.7. The number of hydrogen-bond donors (Lipinski definition) is 1. The van der Waals surface area contributed by atoms with Crippen LogP contribution < -0.4 is 5.32 Å². The molecule has 1 aromatic rings. The van der Waals surface area contributed by atoms with Crippen molar-refractivity contribution in [3.8, 4) is 0 Å². The van der Waals surface area contributed by atoms with E-state index < -0.39 is 12.0 Å². The number of carbonyl (C=O) groups excluding carboxylic acids is 2. The van der Waals surface area contributed by atoms with Crippen LogP contribution in [0, 0.1) is 0 Å². The van der Waals surface area contributed by atoms with Gasteiger partial charge in [0.15, 0.2) is 0 Å². The summed E-state index contributed by atoms with van der Waals surface area (Å²) in [6.45, 7) is 3.70. The van der Waals surface area contributed by atoms with E-state index in [1.165, 1.54) is 5.56 Å². The lowest BCUT2D eigenvalue weighted by Crippen LogP contribution is -2.40. The molecule has 5 heteroatoms. The van der Waals surface area contributed by atoms with E-state index in [-0.39, 0.29) is 5.91 Å². The number of hydrogen-bond acceptors (Lipinski definition) is 4. The van der Waals surface area contributed by atoms with E-state index in [4.69, 9.17) is 4.74 Å². The molecular weight excluding hydrogens is 274 g/mol. The summed E-state index contributed by atoms with van der Waals surface area (Å²) in [7, 11) is 0. The molecule has 0 saturated carbocycles. The predicted molar refractivity (Wildman–Crippen MR) is 81.7 cm³/mol. The number of benzene rings is 1. The maximum absolute atomic E-state index is 11.6. The molecule has 0 bridgehead atoms. The van der Waals surface area contributed by atoms with Crippen molar-refractivity contribution in [2.24, 2.45) is 0 Å². The number of thioether (sulfide) groups is 1. The second-order valence-corrected chi connectivity index (χ2v) is 5.43. The van der Waals surface area contributed by atoms with Gasteiger partial charge in [-0.3, -0.25) is 4.79 Å². The number of esters is 1. The van der Waals surface area contributed by atoms with E-state index in [1.807, 2.05) is 18.2 Å². The van der Waals surface area contributed by atoms with Crippen molar-refractivity contribution in [3.63, 3.8) is 0 Å². The predicted octanol–water partition coefficient (Wildman–Crippen LogP) is 2.03. The highest BCUT2D eigenvalue weighted by molar-refractivity contribution is 7.99. The van der Waals surface area contributed by atoms with Gasteiger partial charge in [0.25, 0.3) is 0 Å². The third-order valence-corrected chi connectivity index (χ3v) is 3.59. The Balaban J connectivity index is 2.15. The molecule has 0 aliphatic heterocycles. The molecule has 0 aliphatic carbocycles. The fraction of sp³-hybridized carbons (Fsp3) is 0.467. The van der Waals surface area contributed by atoms with Crippen LogP contribution in [-0.2, 0) is 20.7 Å². The minimum absolute atomic E-state index is 0.136. The molecule has 0 saturated heterocycles. The molecule has 1 aromatic carbocycles. The summed E-state index contributed by atoms with van der Waals surface area (Å²) < 4.78 is 4.83.